The number of amides is 1. The van der Waals surface area contributed by atoms with Gasteiger partial charge >= 0.3 is 0 Å². The second-order valence-corrected chi connectivity index (χ2v) is 5.53. The Kier molecular flexibility index (Phi) is 5.94. The molecular formula is C12H18N2O6S. The van der Waals surface area contributed by atoms with Gasteiger partial charge in [0, 0.05) is 19.7 Å². The van der Waals surface area contributed by atoms with Crippen molar-refractivity contribution in [3.05, 3.63) is 17.7 Å². The molecule has 118 valence electrons. The van der Waals surface area contributed by atoms with Crippen molar-refractivity contribution in [3.8, 4) is 11.5 Å². The summed E-state index contributed by atoms with van der Waals surface area (Å²) in [5.41, 5.74) is 0.0402. The number of ether oxygens (including phenoxy) is 3. The van der Waals surface area contributed by atoms with Crippen LogP contribution in [0.5, 0.6) is 11.5 Å². The molecule has 1 aromatic rings. The Balaban J connectivity index is 3.27. The molecule has 21 heavy (non-hydrogen) atoms. The summed E-state index contributed by atoms with van der Waals surface area (Å²) in [4.78, 5) is 11.8. The summed E-state index contributed by atoms with van der Waals surface area (Å²) < 4.78 is 38.0. The zero-order chi connectivity index (χ0) is 16.0. The summed E-state index contributed by atoms with van der Waals surface area (Å²) in [6.45, 7) is 0.599. The van der Waals surface area contributed by atoms with E-state index in [4.69, 9.17) is 19.3 Å². The highest BCUT2D eigenvalue weighted by atomic mass is 32.2. The molecule has 0 aliphatic carbocycles. The third kappa shape index (κ3) is 4.31. The zero-order valence-corrected chi connectivity index (χ0v) is 12.8. The molecule has 0 aromatic heterocycles. The topological polar surface area (TPSA) is 117 Å². The van der Waals surface area contributed by atoms with Crippen LogP contribution in [0.4, 0.5) is 0 Å². The quantitative estimate of drug-likeness (QED) is 0.668. The molecule has 0 heterocycles. The van der Waals surface area contributed by atoms with Crippen molar-refractivity contribution in [1.82, 2.24) is 5.32 Å². The molecule has 0 bridgehead atoms. The molecule has 9 heteroatoms. The van der Waals surface area contributed by atoms with E-state index in [2.05, 4.69) is 5.32 Å². The summed E-state index contributed by atoms with van der Waals surface area (Å²) in [7, 11) is 0.114. The maximum absolute atomic E-state index is 12.1. The molecule has 1 aromatic carbocycles. The van der Waals surface area contributed by atoms with E-state index in [0.29, 0.717) is 6.61 Å². The Morgan fingerprint density at radius 2 is 1.81 bits per heavy atom. The number of hydrogen-bond donors (Lipinski definition) is 2. The van der Waals surface area contributed by atoms with Gasteiger partial charge in [-0.05, 0) is 6.07 Å². The minimum absolute atomic E-state index is 0.00258. The smallest absolute Gasteiger partial charge is 0.255 e. The minimum Gasteiger partial charge on any atom is -0.496 e. The molecule has 0 saturated carbocycles. The second kappa shape index (κ2) is 7.25. The summed E-state index contributed by atoms with van der Waals surface area (Å²) >= 11 is 0. The normalized spacial score (nSPS) is 11.0. The van der Waals surface area contributed by atoms with Gasteiger partial charge in [-0.15, -0.1) is 0 Å². The van der Waals surface area contributed by atoms with Crippen LogP contribution in [0.3, 0.4) is 0 Å². The number of carbonyl (C=O) groups excluding carboxylic acids is 1. The van der Waals surface area contributed by atoms with E-state index in [1.165, 1.54) is 27.4 Å². The van der Waals surface area contributed by atoms with Crippen LogP contribution >= 0.6 is 0 Å². The number of methoxy groups -OCH3 is 3. The van der Waals surface area contributed by atoms with Crippen molar-refractivity contribution in [2.24, 2.45) is 5.14 Å². The highest BCUT2D eigenvalue weighted by molar-refractivity contribution is 7.89. The zero-order valence-electron chi connectivity index (χ0n) is 12.0. The molecule has 0 spiro atoms. The van der Waals surface area contributed by atoms with Crippen molar-refractivity contribution in [2.75, 3.05) is 34.5 Å². The van der Waals surface area contributed by atoms with E-state index < -0.39 is 15.9 Å². The number of carbonyl (C=O) groups is 1. The predicted molar refractivity (Wildman–Crippen MR) is 75.1 cm³/mol. The lowest BCUT2D eigenvalue weighted by atomic mass is 10.1. The first-order chi connectivity index (χ1) is 9.85. The van der Waals surface area contributed by atoms with E-state index in [-0.39, 0.29) is 28.5 Å². The number of hydrogen-bond acceptors (Lipinski definition) is 6. The van der Waals surface area contributed by atoms with Crippen molar-refractivity contribution < 1.29 is 27.4 Å². The molecule has 1 amide bonds. The Labute approximate surface area is 123 Å². The lowest BCUT2D eigenvalue weighted by Crippen LogP contribution is -2.27. The monoisotopic (exact) mass is 318 g/mol. The highest BCUT2D eigenvalue weighted by Crippen LogP contribution is 2.31. The predicted octanol–water partition coefficient (Wildman–Crippen LogP) is -0.273. The molecule has 0 unspecified atom stereocenters. The molecule has 1 rings (SSSR count). The minimum atomic E-state index is -4.04. The fraction of sp³-hybridized carbons (Fsp3) is 0.417. The van der Waals surface area contributed by atoms with Gasteiger partial charge < -0.3 is 19.5 Å². The molecule has 0 saturated heterocycles. The van der Waals surface area contributed by atoms with Gasteiger partial charge in [0.25, 0.3) is 5.91 Å². The van der Waals surface area contributed by atoms with Gasteiger partial charge in [-0.3, -0.25) is 4.79 Å². The maximum Gasteiger partial charge on any atom is 0.255 e. The van der Waals surface area contributed by atoms with Gasteiger partial charge in [-0.1, -0.05) is 0 Å². The van der Waals surface area contributed by atoms with Gasteiger partial charge in [0.05, 0.1) is 26.4 Å². The van der Waals surface area contributed by atoms with Crippen LogP contribution in [0.2, 0.25) is 0 Å². The van der Waals surface area contributed by atoms with Crippen molar-refractivity contribution in [3.63, 3.8) is 0 Å². The lowest BCUT2D eigenvalue weighted by Gasteiger charge is -2.13. The third-order valence-electron chi connectivity index (χ3n) is 2.63. The lowest BCUT2D eigenvalue weighted by molar-refractivity contribution is 0.0933. The first-order valence-corrected chi connectivity index (χ1v) is 7.45. The standard InChI is InChI=1S/C12H18N2O6S/c1-18-5-4-14-12(15)8-6-11(21(13,16)17)10(20-3)7-9(8)19-2/h6-7H,4-5H2,1-3H3,(H,14,15)(H2,13,16,17). The second-order valence-electron chi connectivity index (χ2n) is 4.00. The van der Waals surface area contributed by atoms with Gasteiger partial charge in [-0.25, -0.2) is 13.6 Å². The van der Waals surface area contributed by atoms with Crippen LogP contribution in [0.1, 0.15) is 10.4 Å². The molecule has 0 radical (unpaired) electrons. The number of nitrogens with one attached hydrogen (secondary N) is 1. The van der Waals surface area contributed by atoms with Gasteiger partial charge in [0.15, 0.2) is 0 Å². The van der Waals surface area contributed by atoms with E-state index in [9.17, 15) is 13.2 Å². The fourth-order valence-electron chi connectivity index (χ4n) is 1.63. The van der Waals surface area contributed by atoms with Crippen molar-refractivity contribution in [2.45, 2.75) is 4.90 Å². The number of rotatable bonds is 7. The molecule has 0 aliphatic heterocycles. The Hall–Kier alpha value is -1.84. The number of primary sulfonamides is 1. The van der Waals surface area contributed by atoms with Gasteiger partial charge in [0.1, 0.15) is 16.4 Å². The maximum atomic E-state index is 12.1. The highest BCUT2D eigenvalue weighted by Gasteiger charge is 2.22. The average molecular weight is 318 g/mol. The first kappa shape index (κ1) is 17.2. The van der Waals surface area contributed by atoms with E-state index in [1.54, 1.807) is 0 Å². The molecule has 0 fully saturated rings. The largest absolute Gasteiger partial charge is 0.496 e. The number of sulfonamides is 1. The molecule has 0 aliphatic rings. The molecule has 0 atom stereocenters. The molecular weight excluding hydrogens is 300 g/mol. The van der Waals surface area contributed by atoms with Crippen LogP contribution in [0, 0.1) is 0 Å². The summed E-state index contributed by atoms with van der Waals surface area (Å²) in [5.74, 6) is -0.326. The molecule has 3 N–H and O–H groups in total. The van der Waals surface area contributed by atoms with Crippen LogP contribution in [0.15, 0.2) is 17.0 Å². The van der Waals surface area contributed by atoms with Crippen molar-refractivity contribution in [1.29, 1.82) is 0 Å². The molecule has 8 nitrogen and oxygen atoms in total. The number of nitrogens with two attached hydrogens (primary N) is 1. The Morgan fingerprint density at radius 1 is 1.19 bits per heavy atom. The Bertz CT molecular complexity index is 614. The summed E-state index contributed by atoms with van der Waals surface area (Å²) in [6.07, 6.45) is 0. The third-order valence-corrected chi connectivity index (χ3v) is 3.56. The SMILES string of the molecule is COCCNC(=O)c1cc(S(N)(=O)=O)c(OC)cc1OC. The van der Waals surface area contributed by atoms with E-state index >= 15 is 0 Å². The van der Waals surface area contributed by atoms with Gasteiger partial charge in [0.2, 0.25) is 10.0 Å². The van der Waals surface area contributed by atoms with Crippen LogP contribution in [-0.4, -0.2) is 48.8 Å². The summed E-state index contributed by atoms with van der Waals surface area (Å²) in [6, 6.07) is 2.42. The van der Waals surface area contributed by atoms with Crippen LogP contribution < -0.4 is 19.9 Å². The van der Waals surface area contributed by atoms with E-state index in [1.807, 2.05) is 0 Å². The fourth-order valence-corrected chi connectivity index (χ4v) is 2.34. The van der Waals surface area contributed by atoms with Gasteiger partial charge in [-0.2, -0.15) is 0 Å². The Morgan fingerprint density at radius 3 is 2.29 bits per heavy atom. The van der Waals surface area contributed by atoms with E-state index in [0.717, 1.165) is 6.07 Å². The average Bonchev–Trinajstić information content (AvgIpc) is 2.44. The summed E-state index contributed by atoms with van der Waals surface area (Å²) in [5, 5.41) is 7.69. The van der Waals surface area contributed by atoms with Crippen LogP contribution in [-0.2, 0) is 14.8 Å². The first-order valence-electron chi connectivity index (χ1n) is 5.91. The van der Waals surface area contributed by atoms with Crippen LogP contribution in [0.25, 0.3) is 0 Å². The number of benzene rings is 1. The van der Waals surface area contributed by atoms with Crippen molar-refractivity contribution >= 4 is 15.9 Å².